The van der Waals surface area contributed by atoms with Crippen molar-refractivity contribution in [3.8, 4) is 0 Å². The molecule has 8 bridgehead atoms. The van der Waals surface area contributed by atoms with Gasteiger partial charge in [-0.25, -0.2) is 15.0 Å². The smallest absolute Gasteiger partial charge is 0.321 e. The van der Waals surface area contributed by atoms with Crippen LogP contribution < -0.4 is 0 Å². The summed E-state index contributed by atoms with van der Waals surface area (Å²) in [4.78, 5) is 61.8. The summed E-state index contributed by atoms with van der Waals surface area (Å²) in [6.07, 6.45) is 22.4. The van der Waals surface area contributed by atoms with Gasteiger partial charge in [-0.3, -0.25) is 19.4 Å². The number of methoxy groups -OCH3 is 1. The molecule has 0 aromatic heterocycles. The van der Waals surface area contributed by atoms with E-state index in [1.54, 1.807) is 0 Å². The molecule has 64 heavy (non-hydrogen) atoms. The van der Waals surface area contributed by atoms with E-state index in [9.17, 15) is 14.4 Å². The number of esters is 2. The van der Waals surface area contributed by atoms with Crippen molar-refractivity contribution in [1.29, 1.82) is 0 Å². The molecule has 0 saturated heterocycles. The molecular formula is C55H72N4O5. The predicted octanol–water partition coefficient (Wildman–Crippen LogP) is 12.6. The van der Waals surface area contributed by atoms with Crippen LogP contribution in [0.15, 0.2) is 124 Å². The minimum absolute atomic E-state index is 0.142. The van der Waals surface area contributed by atoms with Gasteiger partial charge in [0.15, 0.2) is 5.78 Å². The fourth-order valence-corrected chi connectivity index (χ4v) is 10.1. The number of hydrogen-bond acceptors (Lipinski definition) is 9. The van der Waals surface area contributed by atoms with Gasteiger partial charge in [-0.05, 0) is 118 Å². The second kappa shape index (κ2) is 21.3. The Hall–Kier alpha value is -5.05. The number of Topliss-reactive ketones (excluding diaryl/α,β-unsaturated/α-hetero) is 1. The summed E-state index contributed by atoms with van der Waals surface area (Å²) in [5, 5.41) is 0. The van der Waals surface area contributed by atoms with Crippen LogP contribution >= 0.6 is 0 Å². The molecule has 9 nitrogen and oxygen atoms in total. The highest BCUT2D eigenvalue weighted by Gasteiger charge is 2.51. The van der Waals surface area contributed by atoms with E-state index in [2.05, 4.69) is 62.0 Å². The van der Waals surface area contributed by atoms with E-state index >= 15 is 0 Å². The zero-order valence-corrected chi connectivity index (χ0v) is 40.6. The highest BCUT2D eigenvalue weighted by molar-refractivity contribution is 6.43. The second-order valence-corrected chi connectivity index (χ2v) is 19.4. The van der Waals surface area contributed by atoms with Crippen LogP contribution in [0.25, 0.3) is 0 Å². The first-order valence-electron chi connectivity index (χ1n) is 24.0. The van der Waals surface area contributed by atoms with Crippen LogP contribution in [0, 0.1) is 35.5 Å². The predicted molar refractivity (Wildman–Crippen MR) is 261 cm³/mol. The van der Waals surface area contributed by atoms with Crippen molar-refractivity contribution < 1.29 is 23.9 Å². The molecule has 1 fully saturated rings. The van der Waals surface area contributed by atoms with Gasteiger partial charge in [0, 0.05) is 40.7 Å². The van der Waals surface area contributed by atoms with Crippen LogP contribution in [0.1, 0.15) is 146 Å². The van der Waals surface area contributed by atoms with Crippen LogP contribution in [0.3, 0.4) is 0 Å². The Labute approximate surface area is 382 Å². The van der Waals surface area contributed by atoms with Gasteiger partial charge in [0.1, 0.15) is 12.5 Å². The van der Waals surface area contributed by atoms with E-state index in [4.69, 9.17) is 29.4 Å². The first-order valence-corrected chi connectivity index (χ1v) is 24.0. The average Bonchev–Trinajstić information content (AvgIpc) is 3.99. The van der Waals surface area contributed by atoms with Crippen LogP contribution in [0.2, 0.25) is 0 Å². The van der Waals surface area contributed by atoms with Gasteiger partial charge >= 0.3 is 11.9 Å². The zero-order chi connectivity index (χ0) is 46.4. The highest BCUT2D eigenvalue weighted by atomic mass is 16.5. The zero-order valence-electron chi connectivity index (χ0n) is 40.6. The number of aliphatic imine (C=N–C) groups is 4. The maximum absolute atomic E-state index is 14.4. The number of allylic oxidation sites excluding steroid dienone is 12. The lowest BCUT2D eigenvalue weighted by Crippen LogP contribution is -2.25. The van der Waals surface area contributed by atoms with Crippen molar-refractivity contribution in [2.75, 3.05) is 13.7 Å². The Balaban J connectivity index is 1.20. The van der Waals surface area contributed by atoms with E-state index in [-0.39, 0.29) is 36.6 Å². The maximum Gasteiger partial charge on any atom is 0.321 e. The lowest BCUT2D eigenvalue weighted by atomic mass is 9.83. The van der Waals surface area contributed by atoms with Gasteiger partial charge in [0.25, 0.3) is 0 Å². The minimum Gasteiger partial charge on any atom is -0.468 e. The Morgan fingerprint density at radius 1 is 0.812 bits per heavy atom. The molecule has 0 unspecified atom stereocenters. The molecule has 1 saturated carbocycles. The molecule has 0 aromatic carbocycles. The van der Waals surface area contributed by atoms with E-state index in [0.29, 0.717) is 46.2 Å². The SMILES string of the molecule is C=CC1=C(C)C2=CC3=NC(=C4C5=NC(=CC6=NC(=CC1=N2)C(C)=C6CC)C(C)=C5C(=O)[C@@H]4C(=O)OC)[C@@H](CCC(=O)OCC=C(C)CCC[C@@H](C)CCC[C@@H](C)CCCC(C)C)[C@@H]3C. The molecule has 0 radical (unpaired) electrons. The molecule has 6 aliphatic rings. The largest absolute Gasteiger partial charge is 0.468 e. The number of carbonyl (C=O) groups excluding carboxylic acids is 3. The van der Waals surface area contributed by atoms with Crippen molar-refractivity contribution in [2.24, 2.45) is 55.5 Å². The molecule has 0 aromatic rings. The molecule has 5 aliphatic heterocycles. The van der Waals surface area contributed by atoms with Crippen molar-refractivity contribution in [3.63, 3.8) is 0 Å². The van der Waals surface area contributed by atoms with Gasteiger partial charge in [-0.2, -0.15) is 0 Å². The van der Waals surface area contributed by atoms with Gasteiger partial charge in [-0.15, -0.1) is 0 Å². The van der Waals surface area contributed by atoms with Crippen molar-refractivity contribution in [2.45, 2.75) is 146 Å². The Bertz CT molecular complexity index is 2330. The van der Waals surface area contributed by atoms with Crippen molar-refractivity contribution in [3.05, 3.63) is 104 Å². The third kappa shape index (κ3) is 10.6. The lowest BCUT2D eigenvalue weighted by molar-refractivity contribution is -0.146. The summed E-state index contributed by atoms with van der Waals surface area (Å²) in [6, 6.07) is 0. The Morgan fingerprint density at radius 3 is 2.09 bits per heavy atom. The minimum atomic E-state index is -1.22. The first-order chi connectivity index (χ1) is 30.6. The van der Waals surface area contributed by atoms with E-state index in [1.807, 2.05) is 44.2 Å². The number of ketones is 1. The Morgan fingerprint density at radius 2 is 1.44 bits per heavy atom. The van der Waals surface area contributed by atoms with Crippen LogP contribution in [0.5, 0.6) is 0 Å². The number of ether oxygens (including phenoxy) is 2. The molecule has 5 heterocycles. The van der Waals surface area contributed by atoms with Crippen LogP contribution in [-0.2, 0) is 23.9 Å². The number of fused-ring (bicyclic) bond motifs is 4. The number of carbonyl (C=O) groups is 3. The summed E-state index contributed by atoms with van der Waals surface area (Å²) < 4.78 is 11.0. The van der Waals surface area contributed by atoms with E-state index in [1.165, 1.54) is 57.6 Å². The van der Waals surface area contributed by atoms with Crippen LogP contribution in [-0.4, -0.2) is 54.3 Å². The molecule has 0 spiro atoms. The standard InChI is InChI=1S/C55H72N4O5/c1-13-39-35(8)42-28-44-37(10)41(24-25-48(60)64-27-26-34(7)23-17-22-33(6)21-16-20-32(5)19-15-18-31(3)4)52(58-44)50-51(55(62)63-12)54(61)49-38(11)45(59-53(49)50)30-47-40(14-2)36(9)43(57-47)29-46(39)56-42/h13,26,28-33,37,41,51H,1,14-25,27H2,2-12H3/t32-,33-,37-,41-,51+/m0/s1. The highest BCUT2D eigenvalue weighted by Crippen LogP contribution is 2.47. The summed E-state index contributed by atoms with van der Waals surface area (Å²) >= 11 is 0. The maximum atomic E-state index is 14.4. The fraction of sp³-hybridized carbons (Fsp3) is 0.545. The molecular weight excluding hydrogens is 797 g/mol. The summed E-state index contributed by atoms with van der Waals surface area (Å²) in [7, 11) is 1.30. The molecule has 342 valence electrons. The number of hydrogen-bond donors (Lipinski definition) is 0. The Kier molecular flexibility index (Phi) is 16.1. The molecule has 9 heteroatoms. The van der Waals surface area contributed by atoms with Gasteiger partial charge in [-0.1, -0.05) is 105 Å². The number of nitrogens with zero attached hydrogens (tertiary/aromatic N) is 4. The first kappa shape index (κ1) is 48.4. The van der Waals surface area contributed by atoms with E-state index in [0.717, 1.165) is 81.9 Å². The fourth-order valence-electron chi connectivity index (χ4n) is 10.1. The normalized spacial score (nSPS) is 22.8. The molecule has 1 aliphatic carbocycles. The third-order valence-electron chi connectivity index (χ3n) is 14.2. The molecule has 0 N–H and O–H groups in total. The van der Waals surface area contributed by atoms with Crippen molar-refractivity contribution >= 4 is 40.6 Å². The van der Waals surface area contributed by atoms with Gasteiger partial charge < -0.3 is 9.47 Å². The molecule has 6 rings (SSSR count). The lowest BCUT2D eigenvalue weighted by Gasteiger charge is -2.20. The van der Waals surface area contributed by atoms with Crippen molar-refractivity contribution in [1.82, 2.24) is 0 Å². The quantitative estimate of drug-likeness (QED) is 0.0686. The topological polar surface area (TPSA) is 119 Å². The van der Waals surface area contributed by atoms with E-state index < -0.39 is 11.9 Å². The van der Waals surface area contributed by atoms with Crippen LogP contribution in [0.4, 0.5) is 0 Å². The summed E-state index contributed by atoms with van der Waals surface area (Å²) in [6.45, 7) is 26.0. The average molecular weight is 869 g/mol. The summed E-state index contributed by atoms with van der Waals surface area (Å²) in [5.41, 5.74) is 12.3. The number of rotatable bonds is 20. The summed E-state index contributed by atoms with van der Waals surface area (Å²) in [5.74, 6) is -0.711. The monoisotopic (exact) mass is 869 g/mol. The third-order valence-corrected chi connectivity index (χ3v) is 14.2. The molecule has 0 amide bonds. The second-order valence-electron chi connectivity index (χ2n) is 19.4. The molecule has 5 atom stereocenters. The van der Waals surface area contributed by atoms with Gasteiger partial charge in [0.2, 0.25) is 0 Å². The van der Waals surface area contributed by atoms with Gasteiger partial charge in [0.05, 0.1) is 47.0 Å².